The van der Waals surface area contributed by atoms with E-state index in [0.717, 1.165) is 42.6 Å². The summed E-state index contributed by atoms with van der Waals surface area (Å²) >= 11 is 3.38. The van der Waals surface area contributed by atoms with Crippen LogP contribution in [-0.4, -0.2) is 34.2 Å². The van der Waals surface area contributed by atoms with E-state index in [1.54, 1.807) is 13.3 Å². The summed E-state index contributed by atoms with van der Waals surface area (Å²) in [6.45, 7) is 1.61. The predicted octanol–water partition coefficient (Wildman–Crippen LogP) is 3.80. The van der Waals surface area contributed by atoms with Crippen molar-refractivity contribution in [2.24, 2.45) is 0 Å². The molecule has 5 nitrogen and oxygen atoms in total. The summed E-state index contributed by atoms with van der Waals surface area (Å²) in [6.07, 6.45) is 7.16. The molecule has 0 aliphatic carbocycles. The van der Waals surface area contributed by atoms with Gasteiger partial charge >= 0.3 is 0 Å². The first-order valence-electron chi connectivity index (χ1n) is 8.29. The number of hydrogen-bond acceptors (Lipinski definition) is 3. The molecule has 1 aromatic carbocycles. The second kappa shape index (κ2) is 7.83. The molecule has 1 aliphatic heterocycles. The van der Waals surface area contributed by atoms with E-state index < -0.39 is 0 Å². The molecule has 0 spiro atoms. The molecule has 2 aromatic rings. The molecule has 0 saturated carbocycles. The summed E-state index contributed by atoms with van der Waals surface area (Å²) in [5, 5.41) is 4.22. The summed E-state index contributed by atoms with van der Waals surface area (Å²) in [5.41, 5.74) is 1.19. The number of carbonyl (C=O) groups is 1. The van der Waals surface area contributed by atoms with Gasteiger partial charge in [-0.15, -0.1) is 0 Å². The van der Waals surface area contributed by atoms with E-state index in [9.17, 15) is 4.79 Å². The molecule has 2 heterocycles. The number of aromatic nitrogens is 2. The Morgan fingerprint density at radius 3 is 2.83 bits per heavy atom. The Balaban J connectivity index is 1.56. The van der Waals surface area contributed by atoms with Crippen LogP contribution in [0.2, 0.25) is 0 Å². The van der Waals surface area contributed by atoms with Crippen LogP contribution in [0, 0.1) is 0 Å². The zero-order valence-electron chi connectivity index (χ0n) is 13.8. The van der Waals surface area contributed by atoms with Crippen LogP contribution in [0.3, 0.4) is 0 Å². The van der Waals surface area contributed by atoms with Gasteiger partial charge in [0.05, 0.1) is 23.8 Å². The molecule has 128 valence electrons. The summed E-state index contributed by atoms with van der Waals surface area (Å²) in [6, 6.07) is 8.26. The Hall–Kier alpha value is -1.82. The number of hydrogen-bond donors (Lipinski definition) is 0. The number of carbonyl (C=O) groups excluding carboxylic acids is 1. The van der Waals surface area contributed by atoms with Gasteiger partial charge in [0.15, 0.2) is 0 Å². The number of rotatable bonds is 6. The lowest BCUT2D eigenvalue weighted by molar-refractivity contribution is -0.132. The highest BCUT2D eigenvalue weighted by Gasteiger charge is 2.29. The fourth-order valence-corrected chi connectivity index (χ4v) is 3.56. The minimum Gasteiger partial charge on any atom is -0.497 e. The van der Waals surface area contributed by atoms with Crippen LogP contribution in [0.15, 0.2) is 41.1 Å². The molecule has 0 radical (unpaired) electrons. The van der Waals surface area contributed by atoms with Gasteiger partial charge in [-0.05, 0) is 52.9 Å². The first kappa shape index (κ1) is 17.0. The monoisotopic (exact) mass is 391 g/mol. The molecule has 6 heteroatoms. The van der Waals surface area contributed by atoms with E-state index in [1.165, 1.54) is 5.56 Å². The molecular weight excluding hydrogens is 370 g/mol. The molecule has 1 fully saturated rings. The minimum absolute atomic E-state index is 0.197. The molecule has 1 aromatic heterocycles. The molecule has 0 bridgehead atoms. The second-order valence-electron chi connectivity index (χ2n) is 6.04. The maximum atomic E-state index is 12.6. The van der Waals surface area contributed by atoms with Gasteiger partial charge in [-0.1, -0.05) is 12.1 Å². The molecule has 1 atom stereocenters. The quantitative estimate of drug-likeness (QED) is 0.752. The van der Waals surface area contributed by atoms with Crippen LogP contribution in [0.1, 0.15) is 37.3 Å². The Kier molecular flexibility index (Phi) is 5.56. The number of aryl methyl sites for hydroxylation is 1. The van der Waals surface area contributed by atoms with Crippen molar-refractivity contribution in [3.8, 4) is 5.75 Å². The fourth-order valence-electron chi connectivity index (χ4n) is 3.23. The molecule has 24 heavy (non-hydrogen) atoms. The van der Waals surface area contributed by atoms with Gasteiger partial charge in [0.25, 0.3) is 0 Å². The van der Waals surface area contributed by atoms with Crippen molar-refractivity contribution in [2.45, 2.75) is 38.3 Å². The van der Waals surface area contributed by atoms with E-state index in [2.05, 4.69) is 33.2 Å². The van der Waals surface area contributed by atoms with Gasteiger partial charge in [-0.3, -0.25) is 9.48 Å². The third kappa shape index (κ3) is 3.98. The Morgan fingerprint density at radius 1 is 1.38 bits per heavy atom. The molecule has 3 rings (SSSR count). The number of halogens is 1. The average molecular weight is 392 g/mol. The van der Waals surface area contributed by atoms with Gasteiger partial charge < -0.3 is 9.64 Å². The summed E-state index contributed by atoms with van der Waals surface area (Å²) < 4.78 is 8.04. The first-order chi connectivity index (χ1) is 11.7. The van der Waals surface area contributed by atoms with Crippen LogP contribution >= 0.6 is 15.9 Å². The number of amides is 1. The Bertz CT molecular complexity index is 684. The second-order valence-corrected chi connectivity index (χ2v) is 6.96. The number of methoxy groups -OCH3 is 1. The maximum Gasteiger partial charge on any atom is 0.223 e. The lowest BCUT2D eigenvalue weighted by Crippen LogP contribution is -2.30. The van der Waals surface area contributed by atoms with Gasteiger partial charge in [-0.2, -0.15) is 5.10 Å². The van der Waals surface area contributed by atoms with Crippen molar-refractivity contribution in [1.82, 2.24) is 14.7 Å². The van der Waals surface area contributed by atoms with Crippen LogP contribution in [0.5, 0.6) is 5.75 Å². The van der Waals surface area contributed by atoms with E-state index in [1.807, 2.05) is 27.9 Å². The molecular formula is C18H22BrN3O2. The number of nitrogens with zero attached hydrogens (tertiary/aromatic N) is 3. The highest BCUT2D eigenvalue weighted by Crippen LogP contribution is 2.33. The standard InChI is InChI=1S/C18H22BrN3O2/c1-24-16-8-6-14(7-9-16)17-4-2-11-22(17)18(23)5-3-10-21-13-15(19)12-20-21/h6-9,12-13,17H,2-5,10-11H2,1H3. The van der Waals surface area contributed by atoms with Crippen molar-refractivity contribution in [2.75, 3.05) is 13.7 Å². The first-order valence-corrected chi connectivity index (χ1v) is 9.08. The van der Waals surface area contributed by atoms with E-state index >= 15 is 0 Å². The topological polar surface area (TPSA) is 47.4 Å². The largest absolute Gasteiger partial charge is 0.497 e. The van der Waals surface area contributed by atoms with E-state index in [-0.39, 0.29) is 11.9 Å². The minimum atomic E-state index is 0.197. The normalized spacial score (nSPS) is 17.2. The summed E-state index contributed by atoms with van der Waals surface area (Å²) in [4.78, 5) is 14.6. The van der Waals surface area contributed by atoms with Gasteiger partial charge in [0.2, 0.25) is 5.91 Å². The van der Waals surface area contributed by atoms with Gasteiger partial charge in [0, 0.05) is 25.7 Å². The smallest absolute Gasteiger partial charge is 0.223 e. The zero-order valence-corrected chi connectivity index (χ0v) is 15.4. The maximum absolute atomic E-state index is 12.6. The fraction of sp³-hybridized carbons (Fsp3) is 0.444. The number of likely N-dealkylation sites (tertiary alicyclic amines) is 1. The van der Waals surface area contributed by atoms with Crippen molar-refractivity contribution >= 4 is 21.8 Å². The molecule has 1 unspecified atom stereocenters. The molecule has 1 amide bonds. The van der Waals surface area contributed by atoms with Crippen molar-refractivity contribution < 1.29 is 9.53 Å². The SMILES string of the molecule is COc1ccc(C2CCCN2C(=O)CCCn2cc(Br)cn2)cc1. The van der Waals surface area contributed by atoms with Crippen LogP contribution in [0.4, 0.5) is 0 Å². The van der Waals surface area contributed by atoms with Crippen molar-refractivity contribution in [1.29, 1.82) is 0 Å². The van der Waals surface area contributed by atoms with Crippen LogP contribution in [0.25, 0.3) is 0 Å². The highest BCUT2D eigenvalue weighted by molar-refractivity contribution is 9.10. The Morgan fingerprint density at radius 2 is 2.17 bits per heavy atom. The lowest BCUT2D eigenvalue weighted by atomic mass is 10.0. The van der Waals surface area contributed by atoms with Gasteiger partial charge in [0.1, 0.15) is 5.75 Å². The van der Waals surface area contributed by atoms with Crippen molar-refractivity contribution in [3.63, 3.8) is 0 Å². The molecule has 1 aliphatic rings. The van der Waals surface area contributed by atoms with E-state index in [4.69, 9.17) is 4.74 Å². The molecule has 0 N–H and O–H groups in total. The average Bonchev–Trinajstić information content (AvgIpc) is 3.24. The number of benzene rings is 1. The number of ether oxygens (including phenoxy) is 1. The summed E-state index contributed by atoms with van der Waals surface area (Å²) in [5.74, 6) is 1.08. The van der Waals surface area contributed by atoms with E-state index in [0.29, 0.717) is 6.42 Å². The third-order valence-electron chi connectivity index (χ3n) is 4.45. The van der Waals surface area contributed by atoms with Crippen LogP contribution < -0.4 is 4.74 Å². The highest BCUT2D eigenvalue weighted by atomic mass is 79.9. The van der Waals surface area contributed by atoms with Crippen molar-refractivity contribution in [3.05, 3.63) is 46.7 Å². The summed E-state index contributed by atoms with van der Waals surface area (Å²) in [7, 11) is 1.67. The zero-order chi connectivity index (χ0) is 16.9. The molecule has 1 saturated heterocycles. The third-order valence-corrected chi connectivity index (χ3v) is 4.86. The lowest BCUT2D eigenvalue weighted by Gasteiger charge is -2.25. The van der Waals surface area contributed by atoms with Gasteiger partial charge in [-0.25, -0.2) is 0 Å². The Labute approximate surface area is 150 Å². The predicted molar refractivity (Wildman–Crippen MR) is 95.8 cm³/mol. The van der Waals surface area contributed by atoms with Crippen LogP contribution in [-0.2, 0) is 11.3 Å².